The Hall–Kier alpha value is -4.05. The predicted molar refractivity (Wildman–Crippen MR) is 146 cm³/mol. The second-order valence-electron chi connectivity index (χ2n) is 8.41. The van der Waals surface area contributed by atoms with Gasteiger partial charge < -0.3 is 19.7 Å². The molecule has 0 aromatic heterocycles. The van der Waals surface area contributed by atoms with E-state index in [2.05, 4.69) is 5.32 Å². The summed E-state index contributed by atoms with van der Waals surface area (Å²) in [6, 6.07) is 21.1. The van der Waals surface area contributed by atoms with Gasteiger partial charge in [-0.1, -0.05) is 55.5 Å². The van der Waals surface area contributed by atoms with E-state index in [9.17, 15) is 18.0 Å². The first-order valence-electron chi connectivity index (χ1n) is 12.1. The summed E-state index contributed by atoms with van der Waals surface area (Å²) in [5, 5.41) is 2.61. The van der Waals surface area contributed by atoms with Crippen molar-refractivity contribution in [3.05, 3.63) is 84.4 Å². The zero-order chi connectivity index (χ0) is 27.7. The lowest BCUT2D eigenvalue weighted by atomic mass is 10.1. The van der Waals surface area contributed by atoms with Crippen molar-refractivity contribution in [2.75, 3.05) is 32.1 Å². The predicted octanol–water partition coefficient (Wildman–Crippen LogP) is 3.45. The first kappa shape index (κ1) is 28.5. The second kappa shape index (κ2) is 13.0. The Morgan fingerprint density at radius 1 is 0.895 bits per heavy atom. The lowest BCUT2D eigenvalue weighted by Crippen LogP contribution is -2.51. The lowest BCUT2D eigenvalue weighted by Gasteiger charge is -2.33. The number of hydrogen-bond acceptors (Lipinski definition) is 6. The summed E-state index contributed by atoms with van der Waals surface area (Å²) in [7, 11) is 0.158. The van der Waals surface area contributed by atoms with E-state index >= 15 is 0 Å². The Morgan fingerprint density at radius 2 is 1.50 bits per heavy atom. The van der Waals surface area contributed by atoms with Crippen LogP contribution < -0.4 is 19.1 Å². The summed E-state index contributed by atoms with van der Waals surface area (Å²) in [5.74, 6) is -0.230. The molecular formula is C28H33N3O6S. The standard InChI is InChI=1S/C28H33N3O6S/c1-5-24(28(33)29-2)30(19-21-12-8-6-9-13-21)27(32)20-31(22-14-10-7-11-15-22)38(34,35)23-16-17-25(36-3)26(18-23)37-4/h6-18,24H,5,19-20H2,1-4H3,(H,29,33)/t24-/m0/s1. The third-order valence-corrected chi connectivity index (χ3v) is 7.86. The Morgan fingerprint density at radius 3 is 2.05 bits per heavy atom. The molecule has 0 aliphatic carbocycles. The molecule has 9 nitrogen and oxygen atoms in total. The van der Waals surface area contributed by atoms with Crippen LogP contribution in [0.3, 0.4) is 0 Å². The van der Waals surface area contributed by atoms with Gasteiger partial charge in [-0.15, -0.1) is 0 Å². The molecule has 0 aliphatic rings. The molecule has 0 bridgehead atoms. The normalized spacial score (nSPS) is 11.8. The van der Waals surface area contributed by atoms with Crippen LogP contribution in [0.25, 0.3) is 0 Å². The average molecular weight is 540 g/mol. The highest BCUT2D eigenvalue weighted by Gasteiger charge is 2.33. The zero-order valence-corrected chi connectivity index (χ0v) is 22.8. The molecule has 0 heterocycles. The highest BCUT2D eigenvalue weighted by Crippen LogP contribution is 2.32. The molecule has 3 rings (SSSR count). The largest absolute Gasteiger partial charge is 0.493 e. The number of sulfonamides is 1. The molecule has 0 aliphatic heterocycles. The van der Waals surface area contributed by atoms with Gasteiger partial charge in [0.25, 0.3) is 10.0 Å². The molecule has 202 valence electrons. The van der Waals surface area contributed by atoms with Crippen molar-refractivity contribution in [3.8, 4) is 11.5 Å². The molecule has 0 saturated carbocycles. The van der Waals surface area contributed by atoms with E-state index in [4.69, 9.17) is 9.47 Å². The van der Waals surface area contributed by atoms with E-state index in [0.29, 0.717) is 17.9 Å². The molecule has 38 heavy (non-hydrogen) atoms. The quantitative estimate of drug-likeness (QED) is 0.378. The third kappa shape index (κ3) is 6.44. The number of methoxy groups -OCH3 is 2. The Bertz CT molecular complexity index is 1330. The minimum Gasteiger partial charge on any atom is -0.493 e. The minimum absolute atomic E-state index is 0.0697. The summed E-state index contributed by atoms with van der Waals surface area (Å²) < 4.78 is 39.4. The van der Waals surface area contributed by atoms with E-state index in [1.165, 1.54) is 44.4 Å². The molecule has 0 radical (unpaired) electrons. The molecule has 0 spiro atoms. The molecule has 1 atom stereocenters. The van der Waals surface area contributed by atoms with Gasteiger partial charge in [0.05, 0.1) is 24.8 Å². The smallest absolute Gasteiger partial charge is 0.264 e. The number of amides is 2. The van der Waals surface area contributed by atoms with Gasteiger partial charge in [0, 0.05) is 19.7 Å². The van der Waals surface area contributed by atoms with Crippen LogP contribution in [0.2, 0.25) is 0 Å². The van der Waals surface area contributed by atoms with Crippen LogP contribution in [0.1, 0.15) is 18.9 Å². The molecule has 0 unspecified atom stereocenters. The van der Waals surface area contributed by atoms with E-state index in [1.54, 1.807) is 37.3 Å². The second-order valence-corrected chi connectivity index (χ2v) is 10.3. The van der Waals surface area contributed by atoms with Crippen LogP contribution in [-0.2, 0) is 26.2 Å². The number of nitrogens with one attached hydrogen (secondary N) is 1. The van der Waals surface area contributed by atoms with E-state index in [-0.39, 0.29) is 23.1 Å². The SMILES string of the molecule is CC[C@@H](C(=O)NC)N(Cc1ccccc1)C(=O)CN(c1ccccc1)S(=O)(=O)c1ccc(OC)c(OC)c1. The van der Waals surface area contributed by atoms with Gasteiger partial charge in [-0.05, 0) is 36.2 Å². The first-order chi connectivity index (χ1) is 18.3. The van der Waals surface area contributed by atoms with Gasteiger partial charge in [0.15, 0.2) is 11.5 Å². The molecule has 0 fully saturated rings. The number of carbonyl (C=O) groups is 2. The van der Waals surface area contributed by atoms with E-state index < -0.39 is 28.5 Å². The minimum atomic E-state index is -4.22. The van der Waals surface area contributed by atoms with Gasteiger partial charge in [0.1, 0.15) is 12.6 Å². The van der Waals surface area contributed by atoms with Crippen molar-refractivity contribution in [2.45, 2.75) is 30.8 Å². The fourth-order valence-corrected chi connectivity index (χ4v) is 5.52. The molecular weight excluding hydrogens is 506 g/mol. The monoisotopic (exact) mass is 539 g/mol. The fourth-order valence-electron chi connectivity index (χ4n) is 4.09. The summed E-state index contributed by atoms with van der Waals surface area (Å²) in [4.78, 5) is 27.9. The Kier molecular flexibility index (Phi) is 9.72. The highest BCUT2D eigenvalue weighted by atomic mass is 32.2. The van der Waals surface area contributed by atoms with Crippen LogP contribution in [0.4, 0.5) is 5.69 Å². The molecule has 3 aromatic rings. The number of anilines is 1. The van der Waals surface area contributed by atoms with Crippen molar-refractivity contribution in [2.24, 2.45) is 0 Å². The van der Waals surface area contributed by atoms with Crippen molar-refractivity contribution >= 4 is 27.5 Å². The van der Waals surface area contributed by atoms with Gasteiger partial charge in [-0.25, -0.2) is 8.42 Å². The topological polar surface area (TPSA) is 105 Å². The van der Waals surface area contributed by atoms with E-state index in [0.717, 1.165) is 9.87 Å². The highest BCUT2D eigenvalue weighted by molar-refractivity contribution is 7.92. The van der Waals surface area contributed by atoms with E-state index in [1.807, 2.05) is 30.3 Å². The summed E-state index contributed by atoms with van der Waals surface area (Å²) >= 11 is 0. The van der Waals surface area contributed by atoms with Gasteiger partial charge in [0.2, 0.25) is 11.8 Å². The maximum absolute atomic E-state index is 13.9. The van der Waals surface area contributed by atoms with Crippen molar-refractivity contribution in [1.82, 2.24) is 10.2 Å². The first-order valence-corrected chi connectivity index (χ1v) is 13.6. The van der Waals surface area contributed by atoms with Gasteiger partial charge in [-0.2, -0.15) is 0 Å². The molecule has 3 aromatic carbocycles. The van der Waals surface area contributed by atoms with Gasteiger partial charge >= 0.3 is 0 Å². The summed E-state index contributed by atoms with van der Waals surface area (Å²) in [6.45, 7) is 1.44. The van der Waals surface area contributed by atoms with Crippen molar-refractivity contribution in [1.29, 1.82) is 0 Å². The number of hydrogen-bond donors (Lipinski definition) is 1. The maximum atomic E-state index is 13.9. The van der Waals surface area contributed by atoms with Gasteiger partial charge in [-0.3, -0.25) is 13.9 Å². The number of rotatable bonds is 12. The number of ether oxygens (including phenoxy) is 2. The zero-order valence-electron chi connectivity index (χ0n) is 22.0. The maximum Gasteiger partial charge on any atom is 0.264 e. The Labute approximate surface area is 224 Å². The van der Waals surface area contributed by atoms with Crippen molar-refractivity contribution in [3.63, 3.8) is 0 Å². The number of nitrogens with zero attached hydrogens (tertiary/aromatic N) is 2. The molecule has 10 heteroatoms. The lowest BCUT2D eigenvalue weighted by molar-refractivity contribution is -0.140. The number of likely N-dealkylation sites (N-methyl/N-ethyl adjacent to an activating group) is 1. The van der Waals surface area contributed by atoms with Crippen LogP contribution in [0.5, 0.6) is 11.5 Å². The van der Waals surface area contributed by atoms with Crippen LogP contribution in [0, 0.1) is 0 Å². The molecule has 0 saturated heterocycles. The summed E-state index contributed by atoms with van der Waals surface area (Å²) in [5.41, 5.74) is 1.13. The van der Waals surface area contributed by atoms with Crippen LogP contribution in [0.15, 0.2) is 83.8 Å². The van der Waals surface area contributed by atoms with Crippen LogP contribution >= 0.6 is 0 Å². The average Bonchev–Trinajstić information content (AvgIpc) is 2.95. The van der Waals surface area contributed by atoms with Crippen LogP contribution in [-0.4, -0.2) is 59.0 Å². The fraction of sp³-hybridized carbons (Fsp3) is 0.286. The molecule has 1 N–H and O–H groups in total. The Balaban J connectivity index is 2.06. The number of para-hydroxylation sites is 1. The molecule has 2 amide bonds. The number of carbonyl (C=O) groups excluding carboxylic acids is 2. The summed E-state index contributed by atoms with van der Waals surface area (Å²) in [6.07, 6.45) is 0.353. The third-order valence-electron chi connectivity index (χ3n) is 6.09. The number of benzene rings is 3. The van der Waals surface area contributed by atoms with Crippen molar-refractivity contribution < 1.29 is 27.5 Å².